The maximum Gasteiger partial charge on any atom is 0.119 e. The Morgan fingerprint density at radius 1 is 1.73 bits per heavy atom. The second-order valence-electron chi connectivity index (χ2n) is 2.14. The zero-order chi connectivity index (χ0) is 8.10. The summed E-state index contributed by atoms with van der Waals surface area (Å²) >= 11 is 1.57. The summed E-state index contributed by atoms with van der Waals surface area (Å²) in [6.07, 6.45) is 0.639. The molecule has 0 bridgehead atoms. The summed E-state index contributed by atoms with van der Waals surface area (Å²) in [5.74, 6) is 0. The van der Waals surface area contributed by atoms with Crippen molar-refractivity contribution in [3.8, 4) is 0 Å². The highest BCUT2D eigenvalue weighted by Crippen LogP contribution is 2.10. The highest BCUT2D eigenvalue weighted by molar-refractivity contribution is 7.09. The molecule has 0 fully saturated rings. The van der Waals surface area contributed by atoms with Crippen LogP contribution >= 0.6 is 11.3 Å². The van der Waals surface area contributed by atoms with Crippen molar-refractivity contribution in [1.82, 2.24) is 4.98 Å². The number of nitrogens with zero attached hydrogens (tertiary/aromatic N) is 1. The van der Waals surface area contributed by atoms with E-state index in [-0.39, 0.29) is 6.61 Å². The van der Waals surface area contributed by atoms with Crippen molar-refractivity contribution in [2.45, 2.75) is 13.0 Å². The smallest absolute Gasteiger partial charge is 0.119 e. The molecule has 3 nitrogen and oxygen atoms in total. The van der Waals surface area contributed by atoms with Gasteiger partial charge in [0.25, 0.3) is 0 Å². The molecule has 1 N–H and O–H groups in total. The molecule has 4 heteroatoms. The molecule has 11 heavy (non-hydrogen) atoms. The van der Waals surface area contributed by atoms with Crippen LogP contribution in [0.25, 0.3) is 0 Å². The van der Waals surface area contributed by atoms with Crippen molar-refractivity contribution in [2.24, 2.45) is 0 Å². The standard InChI is InChI=1S/C7H11NO2S/c1-10-4-7-8-6(2-3-9)5-11-7/h5,9H,2-4H2,1H3. The number of hydrogen-bond donors (Lipinski definition) is 1. The van der Waals surface area contributed by atoms with Crippen molar-refractivity contribution >= 4 is 11.3 Å². The lowest BCUT2D eigenvalue weighted by Gasteiger charge is -1.90. The van der Waals surface area contributed by atoms with E-state index < -0.39 is 0 Å². The second-order valence-corrected chi connectivity index (χ2v) is 3.08. The molecule has 0 amide bonds. The summed E-state index contributed by atoms with van der Waals surface area (Å²) < 4.78 is 4.90. The van der Waals surface area contributed by atoms with E-state index in [0.29, 0.717) is 13.0 Å². The average molecular weight is 173 g/mol. The van der Waals surface area contributed by atoms with Gasteiger partial charge in [-0.2, -0.15) is 0 Å². The van der Waals surface area contributed by atoms with Crippen LogP contribution in [0.1, 0.15) is 10.7 Å². The molecule has 62 valence electrons. The Morgan fingerprint density at radius 2 is 2.55 bits per heavy atom. The minimum Gasteiger partial charge on any atom is -0.396 e. The van der Waals surface area contributed by atoms with E-state index in [9.17, 15) is 0 Å². The quantitative estimate of drug-likeness (QED) is 0.733. The molecule has 0 aliphatic carbocycles. The third-order valence-corrected chi connectivity index (χ3v) is 2.11. The molecule has 0 saturated heterocycles. The molecule has 0 unspecified atom stereocenters. The van der Waals surface area contributed by atoms with Crippen molar-refractivity contribution < 1.29 is 9.84 Å². The van der Waals surface area contributed by atoms with Gasteiger partial charge in [0.1, 0.15) is 5.01 Å². The first-order chi connectivity index (χ1) is 5.36. The number of hydrogen-bond acceptors (Lipinski definition) is 4. The molecule has 1 rings (SSSR count). The minimum atomic E-state index is 0.163. The Morgan fingerprint density at radius 3 is 3.18 bits per heavy atom. The van der Waals surface area contributed by atoms with Crippen LogP contribution < -0.4 is 0 Å². The zero-order valence-electron chi connectivity index (χ0n) is 6.41. The fourth-order valence-electron chi connectivity index (χ4n) is 0.768. The Labute approximate surface area is 69.7 Å². The average Bonchev–Trinajstić information content (AvgIpc) is 2.38. The summed E-state index contributed by atoms with van der Waals surface area (Å²) in [5.41, 5.74) is 0.949. The third kappa shape index (κ3) is 2.57. The molecule has 1 aromatic rings. The van der Waals surface area contributed by atoms with Crippen LogP contribution in [0.2, 0.25) is 0 Å². The van der Waals surface area contributed by atoms with E-state index in [0.717, 1.165) is 10.7 Å². The highest BCUT2D eigenvalue weighted by Gasteiger charge is 1.99. The van der Waals surface area contributed by atoms with Crippen molar-refractivity contribution in [1.29, 1.82) is 0 Å². The van der Waals surface area contributed by atoms with Crippen molar-refractivity contribution in [3.63, 3.8) is 0 Å². The van der Waals surface area contributed by atoms with Gasteiger partial charge in [0.2, 0.25) is 0 Å². The highest BCUT2D eigenvalue weighted by atomic mass is 32.1. The molecular weight excluding hydrogens is 162 g/mol. The number of aliphatic hydroxyl groups is 1. The van der Waals surface area contributed by atoms with Gasteiger partial charge in [0, 0.05) is 25.5 Å². The van der Waals surface area contributed by atoms with Crippen molar-refractivity contribution in [3.05, 3.63) is 16.1 Å². The van der Waals surface area contributed by atoms with Crippen LogP contribution in [0.5, 0.6) is 0 Å². The van der Waals surface area contributed by atoms with E-state index in [1.807, 2.05) is 5.38 Å². The third-order valence-electron chi connectivity index (χ3n) is 1.24. The SMILES string of the molecule is COCc1nc(CCO)cs1. The summed E-state index contributed by atoms with van der Waals surface area (Å²) in [6.45, 7) is 0.728. The lowest BCUT2D eigenvalue weighted by atomic mass is 10.4. The number of rotatable bonds is 4. The van der Waals surface area contributed by atoms with Gasteiger partial charge >= 0.3 is 0 Å². The molecule has 0 radical (unpaired) electrons. The van der Waals surface area contributed by atoms with E-state index >= 15 is 0 Å². The van der Waals surface area contributed by atoms with Gasteiger partial charge in [-0.05, 0) is 0 Å². The van der Waals surface area contributed by atoms with Gasteiger partial charge < -0.3 is 9.84 Å². The van der Waals surface area contributed by atoms with Crippen LogP contribution in [-0.4, -0.2) is 23.8 Å². The van der Waals surface area contributed by atoms with Crippen LogP contribution in [0.3, 0.4) is 0 Å². The van der Waals surface area contributed by atoms with E-state index in [1.54, 1.807) is 18.4 Å². The second kappa shape index (κ2) is 4.43. The largest absolute Gasteiger partial charge is 0.396 e. The monoisotopic (exact) mass is 173 g/mol. The zero-order valence-corrected chi connectivity index (χ0v) is 7.23. The molecule has 0 spiro atoms. The molecule has 1 heterocycles. The van der Waals surface area contributed by atoms with Gasteiger partial charge in [-0.15, -0.1) is 11.3 Å². The lowest BCUT2D eigenvalue weighted by Crippen LogP contribution is -1.92. The summed E-state index contributed by atoms with van der Waals surface area (Å²) in [7, 11) is 1.65. The van der Waals surface area contributed by atoms with E-state index in [4.69, 9.17) is 9.84 Å². The maximum absolute atomic E-state index is 8.59. The Bertz CT molecular complexity index is 191. The predicted octanol–water partition coefficient (Wildman–Crippen LogP) is 0.824. The van der Waals surface area contributed by atoms with Gasteiger partial charge in [-0.3, -0.25) is 0 Å². The number of thiazole rings is 1. The first kappa shape index (κ1) is 8.64. The molecule has 0 aromatic carbocycles. The van der Waals surface area contributed by atoms with Crippen molar-refractivity contribution in [2.75, 3.05) is 13.7 Å². The normalized spacial score (nSPS) is 10.4. The van der Waals surface area contributed by atoms with Crippen LogP contribution in [-0.2, 0) is 17.8 Å². The van der Waals surface area contributed by atoms with Crippen LogP contribution in [0.15, 0.2) is 5.38 Å². The fraction of sp³-hybridized carbons (Fsp3) is 0.571. The number of aliphatic hydroxyl groups excluding tert-OH is 1. The topological polar surface area (TPSA) is 42.4 Å². The Kier molecular flexibility index (Phi) is 3.48. The summed E-state index contributed by atoms with van der Waals surface area (Å²) in [4.78, 5) is 4.22. The summed E-state index contributed by atoms with van der Waals surface area (Å²) in [6, 6.07) is 0. The molecule has 1 aromatic heterocycles. The molecule has 0 atom stereocenters. The molecular formula is C7H11NO2S. The van der Waals surface area contributed by atoms with Gasteiger partial charge in [0.15, 0.2) is 0 Å². The summed E-state index contributed by atoms with van der Waals surface area (Å²) in [5, 5.41) is 11.5. The molecule has 0 aliphatic heterocycles. The molecule has 0 saturated carbocycles. The number of ether oxygens (including phenoxy) is 1. The Hall–Kier alpha value is -0.450. The van der Waals surface area contributed by atoms with Gasteiger partial charge in [-0.1, -0.05) is 0 Å². The maximum atomic E-state index is 8.59. The van der Waals surface area contributed by atoms with Crippen LogP contribution in [0, 0.1) is 0 Å². The number of methoxy groups -OCH3 is 1. The lowest BCUT2D eigenvalue weighted by molar-refractivity contribution is 0.184. The fourth-order valence-corrected chi connectivity index (χ4v) is 1.57. The van der Waals surface area contributed by atoms with E-state index in [1.165, 1.54) is 0 Å². The van der Waals surface area contributed by atoms with Gasteiger partial charge in [-0.25, -0.2) is 4.98 Å². The first-order valence-electron chi connectivity index (χ1n) is 3.40. The predicted molar refractivity (Wildman–Crippen MR) is 43.6 cm³/mol. The van der Waals surface area contributed by atoms with Gasteiger partial charge in [0.05, 0.1) is 12.3 Å². The first-order valence-corrected chi connectivity index (χ1v) is 4.28. The van der Waals surface area contributed by atoms with E-state index in [2.05, 4.69) is 4.98 Å². The number of aromatic nitrogens is 1. The Balaban J connectivity index is 2.51. The molecule has 0 aliphatic rings. The van der Waals surface area contributed by atoms with Crippen LogP contribution in [0.4, 0.5) is 0 Å². The minimum absolute atomic E-state index is 0.163.